The smallest absolute Gasteiger partial charge is 0.306 e. The number of aliphatic carboxylic acids is 1. The Bertz CT molecular complexity index is 467. The zero-order valence-corrected chi connectivity index (χ0v) is 9.74. The predicted octanol–water partition coefficient (Wildman–Crippen LogP) is 0.724. The molecule has 0 aliphatic carbocycles. The van der Waals surface area contributed by atoms with Crippen molar-refractivity contribution in [3.63, 3.8) is 0 Å². The van der Waals surface area contributed by atoms with Gasteiger partial charge in [0, 0.05) is 19.3 Å². The molecule has 0 aromatic carbocycles. The van der Waals surface area contributed by atoms with Gasteiger partial charge in [-0.3, -0.25) is 14.6 Å². The highest BCUT2D eigenvalue weighted by atomic mass is 16.4. The van der Waals surface area contributed by atoms with Crippen molar-refractivity contribution in [1.29, 1.82) is 0 Å². The van der Waals surface area contributed by atoms with E-state index in [4.69, 9.17) is 5.11 Å². The van der Waals surface area contributed by atoms with Crippen LogP contribution < -0.4 is 0 Å². The van der Waals surface area contributed by atoms with Crippen LogP contribution in [-0.4, -0.2) is 45.1 Å². The summed E-state index contributed by atoms with van der Waals surface area (Å²) in [6, 6.07) is 1.36. The molecule has 0 atom stereocenters. The normalized spacial score (nSPS) is 16.6. The molecule has 1 aliphatic rings. The van der Waals surface area contributed by atoms with Crippen molar-refractivity contribution in [2.75, 3.05) is 13.1 Å². The van der Waals surface area contributed by atoms with Crippen molar-refractivity contribution in [2.24, 2.45) is 5.92 Å². The summed E-state index contributed by atoms with van der Waals surface area (Å²) in [5.74, 6) is -1.44. The molecule has 0 bridgehead atoms. The van der Waals surface area contributed by atoms with Crippen molar-refractivity contribution in [1.82, 2.24) is 9.88 Å². The Morgan fingerprint density at radius 3 is 2.50 bits per heavy atom. The lowest BCUT2D eigenvalue weighted by Crippen LogP contribution is -2.40. The summed E-state index contributed by atoms with van der Waals surface area (Å²) in [7, 11) is 0. The summed E-state index contributed by atoms with van der Waals surface area (Å²) in [6.45, 7) is 0.844. The van der Waals surface area contributed by atoms with Crippen LogP contribution in [-0.2, 0) is 4.79 Å². The highest BCUT2D eigenvalue weighted by Gasteiger charge is 2.27. The van der Waals surface area contributed by atoms with Crippen LogP contribution in [0.3, 0.4) is 0 Å². The molecule has 1 aromatic rings. The number of carbonyl (C=O) groups is 2. The van der Waals surface area contributed by atoms with E-state index in [9.17, 15) is 14.7 Å². The quantitative estimate of drug-likeness (QED) is 0.807. The van der Waals surface area contributed by atoms with E-state index in [1.807, 2.05) is 0 Å². The van der Waals surface area contributed by atoms with Crippen LogP contribution in [0.4, 0.5) is 0 Å². The summed E-state index contributed by atoms with van der Waals surface area (Å²) in [5.41, 5.74) is 0.323. The summed E-state index contributed by atoms with van der Waals surface area (Å²) in [6.07, 6.45) is 3.58. The zero-order valence-electron chi connectivity index (χ0n) is 9.74. The van der Waals surface area contributed by atoms with Crippen molar-refractivity contribution in [3.05, 3.63) is 24.0 Å². The topological polar surface area (TPSA) is 90.7 Å². The van der Waals surface area contributed by atoms with Gasteiger partial charge in [0.2, 0.25) is 0 Å². The molecule has 2 heterocycles. The van der Waals surface area contributed by atoms with Gasteiger partial charge in [0.25, 0.3) is 5.91 Å². The first-order valence-corrected chi connectivity index (χ1v) is 5.74. The molecular weight excluding hydrogens is 236 g/mol. The van der Waals surface area contributed by atoms with Crippen LogP contribution in [0.25, 0.3) is 0 Å². The van der Waals surface area contributed by atoms with Crippen LogP contribution in [0.15, 0.2) is 18.5 Å². The zero-order chi connectivity index (χ0) is 13.1. The number of hydrogen-bond acceptors (Lipinski definition) is 4. The number of carbonyl (C=O) groups excluding carboxylic acids is 1. The van der Waals surface area contributed by atoms with Crippen molar-refractivity contribution >= 4 is 11.9 Å². The van der Waals surface area contributed by atoms with E-state index in [2.05, 4.69) is 4.98 Å². The fourth-order valence-electron chi connectivity index (χ4n) is 2.06. The molecule has 0 spiro atoms. The number of aromatic hydroxyl groups is 1. The van der Waals surface area contributed by atoms with E-state index in [-0.39, 0.29) is 17.6 Å². The number of aromatic nitrogens is 1. The Hall–Kier alpha value is -2.11. The van der Waals surface area contributed by atoms with Gasteiger partial charge < -0.3 is 15.1 Å². The second-order valence-electron chi connectivity index (χ2n) is 4.34. The Morgan fingerprint density at radius 1 is 1.28 bits per heavy atom. The van der Waals surface area contributed by atoms with E-state index < -0.39 is 5.97 Å². The van der Waals surface area contributed by atoms with Gasteiger partial charge in [-0.15, -0.1) is 0 Å². The van der Waals surface area contributed by atoms with Gasteiger partial charge in [-0.2, -0.15) is 0 Å². The van der Waals surface area contributed by atoms with Gasteiger partial charge >= 0.3 is 5.97 Å². The predicted molar refractivity (Wildman–Crippen MR) is 62.2 cm³/mol. The minimum atomic E-state index is -0.805. The Morgan fingerprint density at radius 2 is 1.94 bits per heavy atom. The van der Waals surface area contributed by atoms with Gasteiger partial charge in [0.1, 0.15) is 5.75 Å². The maximum Gasteiger partial charge on any atom is 0.306 e. The number of amides is 1. The first kappa shape index (κ1) is 12.3. The number of nitrogens with zero attached hydrogens (tertiary/aromatic N) is 2. The molecule has 0 saturated carbocycles. The van der Waals surface area contributed by atoms with Gasteiger partial charge in [-0.25, -0.2) is 0 Å². The van der Waals surface area contributed by atoms with Gasteiger partial charge in [0.05, 0.1) is 17.7 Å². The third-order valence-electron chi connectivity index (χ3n) is 3.10. The molecule has 2 N–H and O–H groups in total. The molecule has 0 radical (unpaired) electrons. The number of pyridine rings is 1. The van der Waals surface area contributed by atoms with E-state index >= 15 is 0 Å². The summed E-state index contributed by atoms with van der Waals surface area (Å²) < 4.78 is 0. The molecule has 6 heteroatoms. The number of rotatable bonds is 2. The molecular formula is C12H14N2O4. The van der Waals surface area contributed by atoms with Crippen LogP contribution >= 0.6 is 0 Å². The van der Waals surface area contributed by atoms with Crippen LogP contribution in [0.2, 0.25) is 0 Å². The van der Waals surface area contributed by atoms with Gasteiger partial charge in [0.15, 0.2) is 0 Å². The monoisotopic (exact) mass is 250 g/mol. The minimum absolute atomic E-state index is 0.0544. The lowest BCUT2D eigenvalue weighted by atomic mass is 9.97. The van der Waals surface area contributed by atoms with Crippen molar-refractivity contribution < 1.29 is 19.8 Å². The molecule has 1 aromatic heterocycles. The highest BCUT2D eigenvalue weighted by Crippen LogP contribution is 2.19. The lowest BCUT2D eigenvalue weighted by molar-refractivity contribution is -0.143. The van der Waals surface area contributed by atoms with E-state index in [0.717, 1.165) is 0 Å². The molecule has 0 unspecified atom stereocenters. The summed E-state index contributed by atoms with van der Waals surface area (Å²) in [5, 5.41) is 18.1. The fraction of sp³-hybridized carbons (Fsp3) is 0.417. The maximum absolute atomic E-state index is 12.1. The second-order valence-corrected chi connectivity index (χ2v) is 4.34. The molecule has 96 valence electrons. The van der Waals surface area contributed by atoms with Crippen molar-refractivity contribution in [3.8, 4) is 5.75 Å². The minimum Gasteiger partial charge on any atom is -0.506 e. The molecule has 1 fully saturated rings. The lowest BCUT2D eigenvalue weighted by Gasteiger charge is -2.30. The fourth-order valence-corrected chi connectivity index (χ4v) is 2.06. The second kappa shape index (κ2) is 5.03. The first-order valence-electron chi connectivity index (χ1n) is 5.74. The standard InChI is InChI=1S/C12H14N2O4/c15-10-5-9(6-13-7-10)11(16)14-3-1-8(2-4-14)12(17)18/h5-8,15H,1-4H2,(H,17,18). The molecule has 2 rings (SSSR count). The van der Waals surface area contributed by atoms with E-state index in [0.29, 0.717) is 31.5 Å². The molecule has 1 saturated heterocycles. The number of piperidine rings is 1. The number of likely N-dealkylation sites (tertiary alicyclic amines) is 1. The number of carboxylic acid groups (broad SMARTS) is 1. The average Bonchev–Trinajstić information content (AvgIpc) is 2.38. The Kier molecular flexibility index (Phi) is 3.45. The van der Waals surface area contributed by atoms with Crippen LogP contribution in [0, 0.1) is 5.92 Å². The molecule has 18 heavy (non-hydrogen) atoms. The van der Waals surface area contributed by atoms with E-state index in [1.165, 1.54) is 18.5 Å². The average molecular weight is 250 g/mol. The largest absolute Gasteiger partial charge is 0.506 e. The summed E-state index contributed by atoms with van der Waals surface area (Å²) in [4.78, 5) is 28.2. The van der Waals surface area contributed by atoms with Crippen LogP contribution in [0.1, 0.15) is 23.2 Å². The summed E-state index contributed by atoms with van der Waals surface area (Å²) >= 11 is 0. The van der Waals surface area contributed by atoms with Crippen molar-refractivity contribution in [2.45, 2.75) is 12.8 Å². The van der Waals surface area contributed by atoms with Crippen LogP contribution in [0.5, 0.6) is 5.75 Å². The van der Waals surface area contributed by atoms with Gasteiger partial charge in [-0.1, -0.05) is 0 Å². The highest BCUT2D eigenvalue weighted by molar-refractivity contribution is 5.94. The third kappa shape index (κ3) is 2.58. The maximum atomic E-state index is 12.1. The number of carboxylic acids is 1. The Balaban J connectivity index is 2.02. The van der Waals surface area contributed by atoms with Gasteiger partial charge in [-0.05, 0) is 18.9 Å². The molecule has 1 amide bonds. The van der Waals surface area contributed by atoms with E-state index in [1.54, 1.807) is 4.90 Å². The molecule has 6 nitrogen and oxygen atoms in total. The Labute approximate surface area is 104 Å². The first-order chi connectivity index (χ1) is 8.58. The molecule has 1 aliphatic heterocycles. The SMILES string of the molecule is O=C(O)C1CCN(C(=O)c2cncc(O)c2)CC1. The third-order valence-corrected chi connectivity index (χ3v) is 3.10. The number of hydrogen-bond donors (Lipinski definition) is 2.